The largest absolute Gasteiger partial charge is 0.481 e. The fourth-order valence-electron chi connectivity index (χ4n) is 5.63. The number of aliphatic hydroxyl groups is 1. The summed E-state index contributed by atoms with van der Waals surface area (Å²) in [6, 6.07) is 43.7. The van der Waals surface area contributed by atoms with Crippen molar-refractivity contribution in [2.75, 3.05) is 0 Å². The van der Waals surface area contributed by atoms with E-state index < -0.39 is 57.7 Å². The number of hydrogen-bond donors (Lipinski definition) is 1. The molecule has 0 atom stereocenters. The van der Waals surface area contributed by atoms with Gasteiger partial charge in [0.2, 0.25) is 0 Å². The molecule has 55 heavy (non-hydrogen) atoms. The molecule has 10 nitrogen and oxygen atoms in total. The monoisotopic (exact) mass is 736 g/mol. The van der Waals surface area contributed by atoms with Gasteiger partial charge in [0.1, 0.15) is 33.0 Å². The fourth-order valence-corrected chi connectivity index (χ4v) is 5.63. The number of hydrogen-bond acceptors (Lipinski definition) is 10. The quantitative estimate of drug-likeness (QED) is 0.0652. The standard InChI is InChI=1S/C45H36O10/c46-41(51-26-31-16-6-1-7-17-31)36-37(42(47)52-27-32-18-8-2-9-19-32)39(44(49)54-29-34-22-12-4-13-23-34)40(45(50)55-30-35-24-14-5-15-25-35)38(36)43(48)53-28-33-20-10-3-11-21-33/h1-25,46H,26-30H2. The Bertz CT molecular complexity index is 2080. The molecule has 0 amide bonds. The Balaban J connectivity index is 1.49. The first-order valence-corrected chi connectivity index (χ1v) is 17.3. The molecule has 0 radical (unpaired) electrons. The topological polar surface area (TPSA) is 135 Å². The zero-order valence-corrected chi connectivity index (χ0v) is 29.6. The summed E-state index contributed by atoms with van der Waals surface area (Å²) in [5, 5.41) is 11.7. The summed E-state index contributed by atoms with van der Waals surface area (Å²) in [7, 11) is 0. The van der Waals surface area contributed by atoms with Gasteiger partial charge >= 0.3 is 23.9 Å². The molecule has 0 saturated heterocycles. The van der Waals surface area contributed by atoms with E-state index >= 15 is 0 Å². The summed E-state index contributed by atoms with van der Waals surface area (Å²) in [4.78, 5) is 57.1. The molecule has 276 valence electrons. The van der Waals surface area contributed by atoms with E-state index in [9.17, 15) is 24.3 Å². The lowest BCUT2D eigenvalue weighted by Gasteiger charge is -2.14. The van der Waals surface area contributed by atoms with E-state index in [1.165, 1.54) is 0 Å². The van der Waals surface area contributed by atoms with Gasteiger partial charge in [-0.1, -0.05) is 152 Å². The number of benzene rings is 5. The highest BCUT2D eigenvalue weighted by Crippen LogP contribution is 2.42. The number of aliphatic hydroxyl groups excluding tert-OH is 1. The van der Waals surface area contributed by atoms with Crippen molar-refractivity contribution in [2.45, 2.75) is 33.0 Å². The van der Waals surface area contributed by atoms with Crippen molar-refractivity contribution in [3.63, 3.8) is 0 Å². The summed E-state index contributed by atoms with van der Waals surface area (Å²) >= 11 is 0. The molecule has 0 fully saturated rings. The molecule has 0 spiro atoms. The smallest absolute Gasteiger partial charge is 0.340 e. The maximum absolute atomic E-state index is 14.3. The second-order valence-corrected chi connectivity index (χ2v) is 12.2. The average molecular weight is 737 g/mol. The molecule has 0 aliphatic heterocycles. The Labute approximate surface area is 317 Å². The second-order valence-electron chi connectivity index (χ2n) is 12.2. The SMILES string of the molecule is O=C(OCc1ccccc1)C1=C(C(=O)OCc2ccccc2)C(C(=O)OCc2ccccc2)=C(C(=O)OCc2ccccc2)C1=C(O)OCc1ccccc1. The molecule has 0 saturated carbocycles. The van der Waals surface area contributed by atoms with Gasteiger partial charge in [-0.25, -0.2) is 19.2 Å². The summed E-state index contributed by atoms with van der Waals surface area (Å²) in [5.74, 6) is -5.58. The van der Waals surface area contributed by atoms with Crippen molar-refractivity contribution in [1.29, 1.82) is 0 Å². The Kier molecular flexibility index (Phi) is 12.6. The van der Waals surface area contributed by atoms with Gasteiger partial charge in [0.05, 0.1) is 27.9 Å². The van der Waals surface area contributed by atoms with Crippen molar-refractivity contribution in [2.24, 2.45) is 0 Å². The average Bonchev–Trinajstić information content (AvgIpc) is 3.61. The van der Waals surface area contributed by atoms with Crippen LogP contribution in [0.2, 0.25) is 0 Å². The van der Waals surface area contributed by atoms with Crippen LogP contribution < -0.4 is 0 Å². The number of ether oxygens (including phenoxy) is 5. The Morgan fingerprint density at radius 3 is 0.800 bits per heavy atom. The highest BCUT2D eigenvalue weighted by molar-refractivity contribution is 6.23. The molecule has 1 N–H and O–H groups in total. The molecule has 0 bridgehead atoms. The van der Waals surface area contributed by atoms with E-state index in [0.29, 0.717) is 27.8 Å². The van der Waals surface area contributed by atoms with E-state index in [1.807, 2.05) is 0 Å². The molecule has 1 aliphatic carbocycles. The number of carbonyl (C=O) groups excluding carboxylic acids is 4. The predicted molar refractivity (Wildman–Crippen MR) is 200 cm³/mol. The van der Waals surface area contributed by atoms with Crippen LogP contribution in [0.5, 0.6) is 0 Å². The minimum Gasteiger partial charge on any atom is -0.481 e. The number of carbonyl (C=O) groups is 4. The van der Waals surface area contributed by atoms with Crippen molar-refractivity contribution in [1.82, 2.24) is 0 Å². The normalized spacial score (nSPS) is 12.2. The predicted octanol–water partition coefficient (Wildman–Crippen LogP) is 7.55. The van der Waals surface area contributed by atoms with Crippen molar-refractivity contribution < 1.29 is 48.0 Å². The lowest BCUT2D eigenvalue weighted by Crippen LogP contribution is -2.20. The first kappa shape index (κ1) is 37.6. The van der Waals surface area contributed by atoms with Crippen LogP contribution in [0.4, 0.5) is 0 Å². The highest BCUT2D eigenvalue weighted by atomic mass is 16.6. The fraction of sp³-hybridized carbons (Fsp3) is 0.111. The lowest BCUT2D eigenvalue weighted by atomic mass is 10.0. The maximum atomic E-state index is 14.3. The third-order valence-corrected chi connectivity index (χ3v) is 8.35. The van der Waals surface area contributed by atoms with Gasteiger partial charge in [-0.2, -0.15) is 0 Å². The summed E-state index contributed by atoms with van der Waals surface area (Å²) in [6.45, 7) is -1.24. The lowest BCUT2D eigenvalue weighted by molar-refractivity contribution is -0.145. The van der Waals surface area contributed by atoms with Crippen LogP contribution in [0, 0.1) is 0 Å². The maximum Gasteiger partial charge on any atom is 0.340 e. The van der Waals surface area contributed by atoms with Crippen LogP contribution >= 0.6 is 0 Å². The van der Waals surface area contributed by atoms with Gasteiger partial charge in [0.25, 0.3) is 5.95 Å². The van der Waals surface area contributed by atoms with Gasteiger partial charge in [-0.15, -0.1) is 0 Å². The minimum atomic E-state index is -1.17. The van der Waals surface area contributed by atoms with Crippen LogP contribution in [0.15, 0.2) is 185 Å². The molecule has 1 aliphatic rings. The molecule has 10 heteroatoms. The molecular weight excluding hydrogens is 700 g/mol. The van der Waals surface area contributed by atoms with Crippen LogP contribution in [0.25, 0.3) is 0 Å². The van der Waals surface area contributed by atoms with Gasteiger partial charge in [-0.05, 0) is 27.8 Å². The third-order valence-electron chi connectivity index (χ3n) is 8.35. The molecule has 0 heterocycles. The molecule has 5 aromatic carbocycles. The summed E-state index contributed by atoms with van der Waals surface area (Å²) in [6.07, 6.45) is 0. The van der Waals surface area contributed by atoms with E-state index in [0.717, 1.165) is 0 Å². The van der Waals surface area contributed by atoms with E-state index in [1.54, 1.807) is 152 Å². The van der Waals surface area contributed by atoms with Crippen LogP contribution in [-0.4, -0.2) is 29.0 Å². The van der Waals surface area contributed by atoms with E-state index in [-0.39, 0.29) is 33.0 Å². The van der Waals surface area contributed by atoms with Crippen LogP contribution in [0.1, 0.15) is 27.8 Å². The van der Waals surface area contributed by atoms with Gasteiger partial charge in [0.15, 0.2) is 0 Å². The summed E-state index contributed by atoms with van der Waals surface area (Å²) < 4.78 is 28.5. The zero-order chi connectivity index (χ0) is 38.4. The molecule has 5 aromatic rings. The first-order chi connectivity index (χ1) is 26.9. The van der Waals surface area contributed by atoms with Crippen molar-refractivity contribution >= 4 is 23.9 Å². The Hall–Kier alpha value is -7.20. The van der Waals surface area contributed by atoms with Crippen molar-refractivity contribution in [3.8, 4) is 0 Å². The Morgan fingerprint density at radius 2 is 0.545 bits per heavy atom. The number of rotatable bonds is 15. The van der Waals surface area contributed by atoms with Gasteiger partial charge in [-0.3, -0.25) is 0 Å². The molecular formula is C45H36O10. The second kappa shape index (κ2) is 18.5. The van der Waals surface area contributed by atoms with Crippen LogP contribution in [0.3, 0.4) is 0 Å². The molecule has 0 unspecified atom stereocenters. The van der Waals surface area contributed by atoms with Gasteiger partial charge in [0, 0.05) is 0 Å². The minimum absolute atomic E-state index is 0.212. The summed E-state index contributed by atoms with van der Waals surface area (Å²) in [5.41, 5.74) is -0.147. The van der Waals surface area contributed by atoms with Crippen LogP contribution in [-0.2, 0) is 75.9 Å². The van der Waals surface area contributed by atoms with Gasteiger partial charge < -0.3 is 28.8 Å². The Morgan fingerprint density at radius 1 is 0.327 bits per heavy atom. The van der Waals surface area contributed by atoms with E-state index in [4.69, 9.17) is 23.7 Å². The highest BCUT2D eigenvalue weighted by Gasteiger charge is 2.47. The molecule has 0 aromatic heterocycles. The number of esters is 4. The third kappa shape index (κ3) is 9.82. The van der Waals surface area contributed by atoms with E-state index in [2.05, 4.69) is 0 Å². The zero-order valence-electron chi connectivity index (χ0n) is 29.6. The first-order valence-electron chi connectivity index (χ1n) is 17.3. The van der Waals surface area contributed by atoms with Crippen molar-refractivity contribution in [3.05, 3.63) is 213 Å². The molecule has 6 rings (SSSR count).